The van der Waals surface area contributed by atoms with Crippen LogP contribution >= 0.6 is 0 Å². The minimum Gasteiger partial charge on any atom is -0.496 e. The van der Waals surface area contributed by atoms with E-state index < -0.39 is 0 Å². The fourth-order valence-corrected chi connectivity index (χ4v) is 1.90. The van der Waals surface area contributed by atoms with Gasteiger partial charge >= 0.3 is 0 Å². The van der Waals surface area contributed by atoms with Crippen LogP contribution in [0.1, 0.15) is 5.56 Å². The number of hydrogen-bond acceptors (Lipinski definition) is 3. The summed E-state index contributed by atoms with van der Waals surface area (Å²) in [5.41, 5.74) is 8.82. The van der Waals surface area contributed by atoms with E-state index in [2.05, 4.69) is 11.4 Å². The van der Waals surface area contributed by atoms with Gasteiger partial charge in [0, 0.05) is 6.54 Å². The van der Waals surface area contributed by atoms with Gasteiger partial charge in [-0.15, -0.1) is 0 Å². The molecule has 0 spiro atoms. The summed E-state index contributed by atoms with van der Waals surface area (Å²) in [7, 11) is 1.70. The molecule has 3 nitrogen and oxygen atoms in total. The highest BCUT2D eigenvalue weighted by Crippen LogP contribution is 2.19. The van der Waals surface area contributed by atoms with E-state index in [9.17, 15) is 0 Å². The Kier molecular flexibility index (Phi) is 4.07. The first-order valence-electron chi connectivity index (χ1n) is 6.01. The van der Waals surface area contributed by atoms with Gasteiger partial charge in [-0.25, -0.2) is 0 Å². The largest absolute Gasteiger partial charge is 0.496 e. The lowest BCUT2D eigenvalue weighted by atomic mass is 10.1. The summed E-state index contributed by atoms with van der Waals surface area (Å²) >= 11 is 0. The summed E-state index contributed by atoms with van der Waals surface area (Å²) in [5.74, 6) is 0.931. The third-order valence-corrected chi connectivity index (χ3v) is 2.86. The molecule has 0 aliphatic heterocycles. The summed E-state index contributed by atoms with van der Waals surface area (Å²) in [6.45, 7) is 0.828. The average Bonchev–Trinajstić information content (AvgIpc) is 2.41. The van der Waals surface area contributed by atoms with Crippen molar-refractivity contribution in [2.45, 2.75) is 6.42 Å². The first kappa shape index (κ1) is 12.3. The predicted molar refractivity (Wildman–Crippen MR) is 76.0 cm³/mol. The molecular formula is C15H18N2O. The molecular weight excluding hydrogens is 224 g/mol. The van der Waals surface area contributed by atoms with Crippen LogP contribution in [0, 0.1) is 0 Å². The Morgan fingerprint density at radius 3 is 2.56 bits per heavy atom. The third kappa shape index (κ3) is 2.94. The molecule has 0 aliphatic rings. The number of methoxy groups -OCH3 is 1. The van der Waals surface area contributed by atoms with E-state index in [0.29, 0.717) is 0 Å². The molecule has 2 aromatic carbocycles. The highest BCUT2D eigenvalue weighted by molar-refractivity contribution is 5.65. The van der Waals surface area contributed by atoms with Crippen molar-refractivity contribution < 1.29 is 4.74 Å². The molecule has 0 bridgehead atoms. The number of nitrogens with two attached hydrogens (primary N) is 1. The van der Waals surface area contributed by atoms with E-state index in [1.54, 1.807) is 7.11 Å². The molecule has 0 saturated heterocycles. The van der Waals surface area contributed by atoms with E-state index in [-0.39, 0.29) is 0 Å². The van der Waals surface area contributed by atoms with Crippen molar-refractivity contribution >= 4 is 11.4 Å². The molecule has 0 fully saturated rings. The maximum absolute atomic E-state index is 5.87. The molecule has 94 valence electrons. The number of rotatable bonds is 5. The Balaban J connectivity index is 1.95. The van der Waals surface area contributed by atoms with Gasteiger partial charge in [0.25, 0.3) is 0 Å². The Morgan fingerprint density at radius 1 is 1.06 bits per heavy atom. The highest BCUT2D eigenvalue weighted by atomic mass is 16.5. The minimum atomic E-state index is 0.775. The van der Waals surface area contributed by atoms with Gasteiger partial charge in [-0.05, 0) is 30.2 Å². The second-order valence-electron chi connectivity index (χ2n) is 4.08. The maximum Gasteiger partial charge on any atom is 0.122 e. The fraction of sp³-hybridized carbons (Fsp3) is 0.200. The van der Waals surface area contributed by atoms with Crippen molar-refractivity contribution in [1.82, 2.24) is 0 Å². The van der Waals surface area contributed by atoms with Gasteiger partial charge in [0.2, 0.25) is 0 Å². The van der Waals surface area contributed by atoms with Crippen molar-refractivity contribution in [3.05, 3.63) is 54.1 Å². The van der Waals surface area contributed by atoms with E-state index >= 15 is 0 Å². The molecule has 3 N–H and O–H groups in total. The number of hydrogen-bond donors (Lipinski definition) is 2. The fourth-order valence-electron chi connectivity index (χ4n) is 1.90. The van der Waals surface area contributed by atoms with Gasteiger partial charge in [-0.1, -0.05) is 30.3 Å². The second kappa shape index (κ2) is 5.96. The quantitative estimate of drug-likeness (QED) is 0.792. The van der Waals surface area contributed by atoms with Gasteiger partial charge in [0.05, 0.1) is 18.5 Å². The molecule has 2 aromatic rings. The topological polar surface area (TPSA) is 47.3 Å². The van der Waals surface area contributed by atoms with Crippen molar-refractivity contribution in [3.8, 4) is 5.75 Å². The van der Waals surface area contributed by atoms with Crippen molar-refractivity contribution in [1.29, 1.82) is 0 Å². The monoisotopic (exact) mass is 242 g/mol. The second-order valence-corrected chi connectivity index (χ2v) is 4.08. The molecule has 0 atom stereocenters. The molecule has 0 aromatic heterocycles. The summed E-state index contributed by atoms with van der Waals surface area (Å²) in [6.07, 6.45) is 0.901. The van der Waals surface area contributed by atoms with Crippen LogP contribution in [-0.2, 0) is 6.42 Å². The Bertz CT molecular complexity index is 511. The number of anilines is 2. The maximum atomic E-state index is 5.87. The number of para-hydroxylation sites is 3. The number of benzene rings is 2. The van der Waals surface area contributed by atoms with Gasteiger partial charge in [0.1, 0.15) is 5.75 Å². The highest BCUT2D eigenvalue weighted by Gasteiger charge is 2.01. The van der Waals surface area contributed by atoms with Crippen molar-refractivity contribution in [2.75, 3.05) is 24.7 Å². The Hall–Kier alpha value is -2.16. The van der Waals surface area contributed by atoms with Crippen molar-refractivity contribution in [3.63, 3.8) is 0 Å². The van der Waals surface area contributed by atoms with E-state index in [1.807, 2.05) is 42.5 Å². The zero-order chi connectivity index (χ0) is 12.8. The van der Waals surface area contributed by atoms with Crippen LogP contribution < -0.4 is 15.8 Å². The Labute approximate surface area is 108 Å². The van der Waals surface area contributed by atoms with E-state index in [1.165, 1.54) is 5.56 Å². The van der Waals surface area contributed by atoms with Crippen molar-refractivity contribution in [2.24, 2.45) is 0 Å². The molecule has 0 saturated carbocycles. The van der Waals surface area contributed by atoms with E-state index in [4.69, 9.17) is 10.5 Å². The molecule has 2 rings (SSSR count). The predicted octanol–water partition coefficient (Wildman–Crippen LogP) is 2.93. The standard InChI is InChI=1S/C15H18N2O/c1-18-15-9-5-2-6-12(15)10-11-17-14-8-4-3-7-13(14)16/h2-9,17H,10-11,16H2,1H3. The zero-order valence-corrected chi connectivity index (χ0v) is 10.5. The van der Waals surface area contributed by atoms with Crippen LogP contribution in [0.2, 0.25) is 0 Å². The summed E-state index contributed by atoms with van der Waals surface area (Å²) in [5, 5.41) is 3.33. The van der Waals surface area contributed by atoms with Gasteiger partial charge in [-0.2, -0.15) is 0 Å². The molecule has 0 amide bonds. The smallest absolute Gasteiger partial charge is 0.122 e. The SMILES string of the molecule is COc1ccccc1CCNc1ccccc1N. The molecule has 0 heterocycles. The summed E-state index contributed by atoms with van der Waals surface area (Å²) < 4.78 is 5.32. The van der Waals surface area contributed by atoms with Crippen LogP contribution in [-0.4, -0.2) is 13.7 Å². The summed E-state index contributed by atoms with van der Waals surface area (Å²) in [4.78, 5) is 0. The third-order valence-electron chi connectivity index (χ3n) is 2.86. The zero-order valence-electron chi connectivity index (χ0n) is 10.5. The molecule has 0 radical (unpaired) electrons. The van der Waals surface area contributed by atoms with Crippen LogP contribution in [0.4, 0.5) is 11.4 Å². The number of ether oxygens (including phenoxy) is 1. The lowest BCUT2D eigenvalue weighted by Gasteiger charge is -2.11. The first-order chi connectivity index (χ1) is 8.81. The van der Waals surface area contributed by atoms with Crippen LogP contribution in [0.3, 0.4) is 0 Å². The Morgan fingerprint density at radius 2 is 1.78 bits per heavy atom. The molecule has 3 heteroatoms. The lowest BCUT2D eigenvalue weighted by Crippen LogP contribution is -2.07. The first-order valence-corrected chi connectivity index (χ1v) is 6.01. The van der Waals surface area contributed by atoms with Crippen LogP contribution in [0.25, 0.3) is 0 Å². The van der Waals surface area contributed by atoms with Crippen LogP contribution in [0.15, 0.2) is 48.5 Å². The lowest BCUT2D eigenvalue weighted by molar-refractivity contribution is 0.410. The number of nitrogens with one attached hydrogen (secondary N) is 1. The normalized spacial score (nSPS) is 10.1. The van der Waals surface area contributed by atoms with Crippen LogP contribution in [0.5, 0.6) is 5.75 Å². The van der Waals surface area contributed by atoms with E-state index in [0.717, 1.165) is 30.1 Å². The van der Waals surface area contributed by atoms with Gasteiger partial charge in [0.15, 0.2) is 0 Å². The molecule has 18 heavy (non-hydrogen) atoms. The molecule has 0 unspecified atom stereocenters. The van der Waals surface area contributed by atoms with Gasteiger partial charge < -0.3 is 15.8 Å². The minimum absolute atomic E-state index is 0.775. The summed E-state index contributed by atoms with van der Waals surface area (Å²) in [6, 6.07) is 15.8. The average molecular weight is 242 g/mol. The van der Waals surface area contributed by atoms with Gasteiger partial charge in [-0.3, -0.25) is 0 Å². The number of nitrogen functional groups attached to an aromatic ring is 1. The molecule has 0 aliphatic carbocycles.